The zero-order valence-electron chi connectivity index (χ0n) is 15.7. The molecular weight excluding hydrogens is 344 g/mol. The molecule has 0 aromatic carbocycles. The van der Waals surface area contributed by atoms with E-state index < -0.39 is 0 Å². The molecule has 0 unspecified atom stereocenters. The number of nitrogens with two attached hydrogens (primary N) is 2. The summed E-state index contributed by atoms with van der Waals surface area (Å²) >= 11 is 0. The molecule has 2 saturated carbocycles. The van der Waals surface area contributed by atoms with E-state index in [2.05, 4.69) is 19.9 Å². The van der Waals surface area contributed by atoms with Gasteiger partial charge in [0, 0.05) is 18.1 Å². The fraction of sp³-hybridized carbons (Fsp3) is 0.722. The van der Waals surface area contributed by atoms with Crippen LogP contribution >= 0.6 is 0 Å². The molecule has 0 radical (unpaired) electrons. The summed E-state index contributed by atoms with van der Waals surface area (Å²) in [6, 6.07) is 1.05. The number of aromatic nitrogens is 4. The van der Waals surface area contributed by atoms with E-state index in [0.29, 0.717) is 42.0 Å². The molecule has 2 heterocycles. The Balaban J connectivity index is 1.68. The van der Waals surface area contributed by atoms with Gasteiger partial charge in [0.1, 0.15) is 0 Å². The maximum atomic E-state index is 9.28. The maximum absolute atomic E-state index is 9.28. The molecular formula is C18H30N8O. The fourth-order valence-corrected chi connectivity index (χ4v) is 4.28. The van der Waals surface area contributed by atoms with E-state index in [4.69, 9.17) is 16.6 Å². The number of nitrogens with zero attached hydrogens (tertiary/aromatic N) is 5. The first-order chi connectivity index (χ1) is 13.2. The van der Waals surface area contributed by atoms with Gasteiger partial charge in [0.05, 0.1) is 19.5 Å². The number of hydrogen-bond donors (Lipinski definition) is 4. The summed E-state index contributed by atoms with van der Waals surface area (Å²) in [7, 11) is 0. The van der Waals surface area contributed by atoms with Crippen molar-refractivity contribution in [3.63, 3.8) is 0 Å². The van der Waals surface area contributed by atoms with E-state index >= 15 is 0 Å². The molecule has 2 aliphatic carbocycles. The van der Waals surface area contributed by atoms with Crippen molar-refractivity contribution in [2.75, 3.05) is 23.5 Å². The predicted octanol–water partition coefficient (Wildman–Crippen LogP) is 1.30. The summed E-state index contributed by atoms with van der Waals surface area (Å²) in [5.41, 5.74) is 7.52. The van der Waals surface area contributed by atoms with Gasteiger partial charge in [0.25, 0.3) is 0 Å². The third-order valence-electron chi connectivity index (χ3n) is 5.84. The average Bonchev–Trinajstić information content (AvgIpc) is 3.32. The minimum atomic E-state index is -0.0470. The average molecular weight is 374 g/mol. The lowest BCUT2D eigenvalue weighted by atomic mass is 9.92. The van der Waals surface area contributed by atoms with Crippen molar-refractivity contribution in [1.29, 1.82) is 0 Å². The number of nitrogens with one attached hydrogen (secondary N) is 1. The SMILES string of the molecule is NC1CCC(Nc2nc(N(N)CCO)c3ncn(C4CCCC4)c3n2)CC1. The van der Waals surface area contributed by atoms with Crippen LogP contribution in [0.4, 0.5) is 11.8 Å². The Morgan fingerprint density at radius 1 is 1.15 bits per heavy atom. The summed E-state index contributed by atoms with van der Waals surface area (Å²) in [6.07, 6.45) is 10.7. The molecule has 27 heavy (non-hydrogen) atoms. The van der Waals surface area contributed by atoms with Gasteiger partial charge in [-0.05, 0) is 38.5 Å². The molecule has 0 atom stereocenters. The normalized spacial score (nSPS) is 23.8. The molecule has 0 aliphatic heterocycles. The number of rotatable bonds is 6. The molecule has 9 heteroatoms. The molecule has 2 aromatic heterocycles. The molecule has 2 fully saturated rings. The number of aliphatic hydroxyl groups is 1. The first kappa shape index (κ1) is 18.4. The van der Waals surface area contributed by atoms with Crippen molar-refractivity contribution in [3.8, 4) is 0 Å². The van der Waals surface area contributed by atoms with Gasteiger partial charge in [0.2, 0.25) is 5.95 Å². The van der Waals surface area contributed by atoms with Gasteiger partial charge in [-0.3, -0.25) is 5.01 Å². The van der Waals surface area contributed by atoms with Crippen molar-refractivity contribution in [1.82, 2.24) is 19.5 Å². The Hall–Kier alpha value is -1.97. The minimum Gasteiger partial charge on any atom is -0.394 e. The predicted molar refractivity (Wildman–Crippen MR) is 105 cm³/mol. The molecule has 2 aromatic rings. The van der Waals surface area contributed by atoms with Gasteiger partial charge in [-0.15, -0.1) is 0 Å². The molecule has 0 spiro atoms. The lowest BCUT2D eigenvalue weighted by Crippen LogP contribution is -2.36. The van der Waals surface area contributed by atoms with E-state index in [1.165, 1.54) is 17.9 Å². The summed E-state index contributed by atoms with van der Waals surface area (Å²) in [5.74, 6) is 7.28. The zero-order chi connectivity index (χ0) is 18.8. The Morgan fingerprint density at radius 2 is 1.89 bits per heavy atom. The summed E-state index contributed by atoms with van der Waals surface area (Å²) in [5, 5.41) is 14.2. The number of imidazole rings is 1. The minimum absolute atomic E-state index is 0.0470. The van der Waals surface area contributed by atoms with Gasteiger partial charge < -0.3 is 20.7 Å². The molecule has 6 N–H and O–H groups in total. The maximum Gasteiger partial charge on any atom is 0.227 e. The largest absolute Gasteiger partial charge is 0.394 e. The van der Waals surface area contributed by atoms with E-state index in [0.717, 1.165) is 44.2 Å². The van der Waals surface area contributed by atoms with Crippen LogP contribution in [-0.2, 0) is 0 Å². The van der Waals surface area contributed by atoms with Gasteiger partial charge in [-0.2, -0.15) is 9.97 Å². The first-order valence-electron chi connectivity index (χ1n) is 10.1. The quantitative estimate of drug-likeness (QED) is 0.439. The lowest BCUT2D eigenvalue weighted by molar-refractivity contribution is 0.302. The third-order valence-corrected chi connectivity index (χ3v) is 5.84. The lowest BCUT2D eigenvalue weighted by Gasteiger charge is -2.27. The smallest absolute Gasteiger partial charge is 0.227 e. The highest BCUT2D eigenvalue weighted by atomic mass is 16.3. The Bertz CT molecular complexity index is 764. The van der Waals surface area contributed by atoms with Gasteiger partial charge in [-0.25, -0.2) is 10.8 Å². The first-order valence-corrected chi connectivity index (χ1v) is 10.1. The van der Waals surface area contributed by atoms with Gasteiger partial charge in [-0.1, -0.05) is 12.8 Å². The molecule has 2 aliphatic rings. The van der Waals surface area contributed by atoms with Crippen molar-refractivity contribution in [3.05, 3.63) is 6.33 Å². The molecule has 0 amide bonds. The highest BCUT2D eigenvalue weighted by Crippen LogP contribution is 2.33. The molecule has 148 valence electrons. The van der Waals surface area contributed by atoms with Crippen LogP contribution in [0.25, 0.3) is 11.2 Å². The second kappa shape index (κ2) is 7.95. The molecule has 9 nitrogen and oxygen atoms in total. The van der Waals surface area contributed by atoms with Gasteiger partial charge >= 0.3 is 0 Å². The summed E-state index contributed by atoms with van der Waals surface area (Å²) in [4.78, 5) is 14.0. The van der Waals surface area contributed by atoms with Crippen molar-refractivity contribution in [2.24, 2.45) is 11.6 Å². The van der Waals surface area contributed by atoms with E-state index in [1.54, 1.807) is 0 Å². The standard InChI is InChI=1S/C18H30N8O/c19-12-5-7-13(8-6-12)22-18-23-16-15(17(24-18)26(20)9-10-27)21-11-25(16)14-3-1-2-4-14/h11-14,27H,1-10,19-20H2,(H,22,23,24). The van der Waals surface area contributed by atoms with E-state index in [-0.39, 0.29) is 6.61 Å². The van der Waals surface area contributed by atoms with Gasteiger partial charge in [0.15, 0.2) is 17.0 Å². The van der Waals surface area contributed by atoms with Crippen LogP contribution in [0.2, 0.25) is 0 Å². The second-order valence-corrected chi connectivity index (χ2v) is 7.81. The summed E-state index contributed by atoms with van der Waals surface area (Å²) in [6.45, 7) is 0.245. The Morgan fingerprint density at radius 3 is 2.59 bits per heavy atom. The summed E-state index contributed by atoms with van der Waals surface area (Å²) < 4.78 is 2.17. The number of hydrazine groups is 1. The Kier molecular flexibility index (Phi) is 5.42. The second-order valence-electron chi connectivity index (χ2n) is 7.81. The van der Waals surface area contributed by atoms with E-state index in [9.17, 15) is 5.11 Å². The number of anilines is 2. The van der Waals surface area contributed by atoms with E-state index in [1.807, 2.05) is 6.33 Å². The van der Waals surface area contributed by atoms with Crippen molar-refractivity contribution < 1.29 is 5.11 Å². The number of hydrogen-bond acceptors (Lipinski definition) is 8. The van der Waals surface area contributed by atoms with Crippen molar-refractivity contribution in [2.45, 2.75) is 69.5 Å². The van der Waals surface area contributed by atoms with Crippen LogP contribution in [0, 0.1) is 0 Å². The molecule has 0 saturated heterocycles. The Labute approximate surface area is 159 Å². The van der Waals surface area contributed by atoms with Crippen LogP contribution in [-0.4, -0.2) is 49.9 Å². The highest BCUT2D eigenvalue weighted by molar-refractivity contribution is 5.84. The van der Waals surface area contributed by atoms with Crippen LogP contribution in [0.15, 0.2) is 6.33 Å². The fourth-order valence-electron chi connectivity index (χ4n) is 4.28. The highest BCUT2D eigenvalue weighted by Gasteiger charge is 2.24. The monoisotopic (exact) mass is 374 g/mol. The molecule has 4 rings (SSSR count). The van der Waals surface area contributed by atoms with Crippen LogP contribution < -0.4 is 21.9 Å². The zero-order valence-corrected chi connectivity index (χ0v) is 15.7. The van der Waals surface area contributed by atoms with Crippen LogP contribution in [0.1, 0.15) is 57.4 Å². The third kappa shape index (κ3) is 3.85. The number of fused-ring (bicyclic) bond motifs is 1. The van der Waals surface area contributed by atoms with Crippen molar-refractivity contribution >= 4 is 22.9 Å². The van der Waals surface area contributed by atoms with Crippen LogP contribution in [0.3, 0.4) is 0 Å². The number of aliphatic hydroxyl groups excluding tert-OH is 1. The topological polar surface area (TPSA) is 131 Å². The molecule has 0 bridgehead atoms. The van der Waals surface area contributed by atoms with Crippen LogP contribution in [0.5, 0.6) is 0 Å².